The molecule has 90 valence electrons. The number of rotatable bonds is 4. The van der Waals surface area contributed by atoms with Crippen LogP contribution in [0.25, 0.3) is 0 Å². The van der Waals surface area contributed by atoms with Crippen LogP contribution in [0.3, 0.4) is 0 Å². The van der Waals surface area contributed by atoms with Gasteiger partial charge in [-0.2, -0.15) is 0 Å². The van der Waals surface area contributed by atoms with Gasteiger partial charge in [0, 0.05) is 17.1 Å². The van der Waals surface area contributed by atoms with Crippen molar-refractivity contribution in [2.24, 2.45) is 0 Å². The van der Waals surface area contributed by atoms with Gasteiger partial charge in [0.25, 0.3) is 0 Å². The highest BCUT2D eigenvalue weighted by Gasteiger charge is 2.03. The molecule has 1 rings (SSSR count). The maximum absolute atomic E-state index is 10.9. The lowest BCUT2D eigenvalue weighted by molar-refractivity contribution is -0.140. The van der Waals surface area contributed by atoms with Gasteiger partial charge in [0.15, 0.2) is 0 Å². The zero-order chi connectivity index (χ0) is 11.3. The molecule has 0 aliphatic carbocycles. The van der Waals surface area contributed by atoms with Crippen molar-refractivity contribution in [1.82, 2.24) is 0 Å². The van der Waals surface area contributed by atoms with Gasteiger partial charge in [-0.05, 0) is 30.5 Å². The highest BCUT2D eigenvalue weighted by Crippen LogP contribution is 2.19. The molecule has 0 radical (unpaired) electrons. The largest absolute Gasteiger partial charge is 0.469 e. The number of carbonyl (C=O) groups is 1. The van der Waals surface area contributed by atoms with E-state index in [-0.39, 0.29) is 18.4 Å². The average Bonchev–Trinajstić information content (AvgIpc) is 2.21. The maximum Gasteiger partial charge on any atom is 0.305 e. The van der Waals surface area contributed by atoms with E-state index in [4.69, 9.17) is 17.3 Å². The summed E-state index contributed by atoms with van der Waals surface area (Å²) in [7, 11) is 1.39. The quantitative estimate of drug-likeness (QED) is 0.672. The Balaban J connectivity index is 0.00000225. The summed E-state index contributed by atoms with van der Waals surface area (Å²) in [4.78, 5) is 10.9. The summed E-state index contributed by atoms with van der Waals surface area (Å²) >= 11 is 5.77. The minimum Gasteiger partial charge on any atom is -0.469 e. The summed E-state index contributed by atoms with van der Waals surface area (Å²) < 4.78 is 4.55. The highest BCUT2D eigenvalue weighted by atomic mass is 35.5. The van der Waals surface area contributed by atoms with E-state index in [1.54, 1.807) is 12.1 Å². The Hall–Kier alpha value is -0.930. The van der Waals surface area contributed by atoms with Crippen LogP contribution in [-0.4, -0.2) is 13.1 Å². The summed E-state index contributed by atoms with van der Waals surface area (Å²) in [6.45, 7) is 0. The number of hydrogen-bond acceptors (Lipinski definition) is 3. The number of ether oxygens (including phenoxy) is 1. The normalized spacial score (nSPS) is 9.38. The zero-order valence-corrected chi connectivity index (χ0v) is 10.6. The van der Waals surface area contributed by atoms with E-state index in [1.165, 1.54) is 7.11 Å². The monoisotopic (exact) mass is 263 g/mol. The first kappa shape index (κ1) is 15.1. The second kappa shape index (κ2) is 7.36. The van der Waals surface area contributed by atoms with Crippen LogP contribution < -0.4 is 5.73 Å². The lowest BCUT2D eigenvalue weighted by atomic mass is 10.1. The van der Waals surface area contributed by atoms with Crippen molar-refractivity contribution in [3.63, 3.8) is 0 Å². The first-order valence-corrected chi connectivity index (χ1v) is 5.12. The predicted molar refractivity (Wildman–Crippen MR) is 68.1 cm³/mol. The van der Waals surface area contributed by atoms with Gasteiger partial charge in [0.1, 0.15) is 0 Å². The number of halogens is 2. The standard InChI is InChI=1S/C11H14ClNO2.ClH/c1-15-11(14)4-2-3-8-5-6-9(12)7-10(8)13;/h5-7H,2-4,13H2,1H3;1H. The molecule has 0 spiro atoms. The maximum atomic E-state index is 10.9. The van der Waals surface area contributed by atoms with Crippen LogP contribution in [0.4, 0.5) is 5.69 Å². The topological polar surface area (TPSA) is 52.3 Å². The summed E-state index contributed by atoms with van der Waals surface area (Å²) in [5.41, 5.74) is 7.46. The smallest absolute Gasteiger partial charge is 0.305 e. The Labute approximate surface area is 106 Å². The Morgan fingerprint density at radius 2 is 2.19 bits per heavy atom. The number of carbonyl (C=O) groups excluding carboxylic acids is 1. The fourth-order valence-corrected chi connectivity index (χ4v) is 1.50. The average molecular weight is 264 g/mol. The van der Waals surface area contributed by atoms with Gasteiger partial charge in [0.05, 0.1) is 7.11 Å². The summed E-state index contributed by atoms with van der Waals surface area (Å²) in [5, 5.41) is 0.629. The SMILES string of the molecule is COC(=O)CCCc1ccc(Cl)cc1N.Cl. The molecule has 0 unspecified atom stereocenters. The Bertz CT molecular complexity index is 356. The molecule has 0 amide bonds. The number of anilines is 1. The molecule has 3 nitrogen and oxygen atoms in total. The second-order valence-electron chi connectivity index (χ2n) is 3.27. The van der Waals surface area contributed by atoms with Crippen LogP contribution >= 0.6 is 24.0 Å². The van der Waals surface area contributed by atoms with Gasteiger partial charge in [-0.1, -0.05) is 17.7 Å². The molecule has 0 aliphatic heterocycles. The molecule has 0 fully saturated rings. The summed E-state index contributed by atoms with van der Waals surface area (Å²) in [5.74, 6) is -0.192. The molecular weight excluding hydrogens is 249 g/mol. The first-order chi connectivity index (χ1) is 7.13. The number of nitrogens with two attached hydrogens (primary N) is 1. The third kappa shape index (κ3) is 4.73. The lowest BCUT2D eigenvalue weighted by Crippen LogP contribution is -2.01. The minimum atomic E-state index is -0.192. The van der Waals surface area contributed by atoms with Gasteiger partial charge >= 0.3 is 5.97 Å². The van der Waals surface area contributed by atoms with E-state index in [0.717, 1.165) is 18.4 Å². The number of esters is 1. The molecule has 0 heterocycles. The molecule has 0 saturated heterocycles. The lowest BCUT2D eigenvalue weighted by Gasteiger charge is -2.05. The van der Waals surface area contributed by atoms with Gasteiger partial charge in [-0.3, -0.25) is 4.79 Å². The van der Waals surface area contributed by atoms with Gasteiger partial charge < -0.3 is 10.5 Å². The molecule has 16 heavy (non-hydrogen) atoms. The first-order valence-electron chi connectivity index (χ1n) is 4.74. The van der Waals surface area contributed by atoms with E-state index < -0.39 is 0 Å². The van der Waals surface area contributed by atoms with E-state index in [1.807, 2.05) is 6.07 Å². The van der Waals surface area contributed by atoms with Crippen molar-refractivity contribution in [3.8, 4) is 0 Å². The van der Waals surface area contributed by atoms with Crippen LogP contribution in [0.2, 0.25) is 5.02 Å². The van der Waals surface area contributed by atoms with E-state index in [0.29, 0.717) is 17.1 Å². The number of nitrogen functional groups attached to an aromatic ring is 1. The van der Waals surface area contributed by atoms with Crippen LogP contribution in [-0.2, 0) is 16.0 Å². The molecule has 1 aromatic carbocycles. The highest BCUT2D eigenvalue weighted by molar-refractivity contribution is 6.30. The van der Waals surface area contributed by atoms with Crippen LogP contribution in [0.1, 0.15) is 18.4 Å². The second-order valence-corrected chi connectivity index (χ2v) is 3.71. The van der Waals surface area contributed by atoms with Crippen molar-refractivity contribution in [2.75, 3.05) is 12.8 Å². The van der Waals surface area contributed by atoms with Crippen molar-refractivity contribution in [3.05, 3.63) is 28.8 Å². The van der Waals surface area contributed by atoms with Crippen LogP contribution in [0, 0.1) is 0 Å². The Morgan fingerprint density at radius 3 is 2.75 bits per heavy atom. The fraction of sp³-hybridized carbons (Fsp3) is 0.364. The molecule has 0 bridgehead atoms. The number of hydrogen-bond donors (Lipinski definition) is 1. The molecule has 1 aromatic rings. The molecule has 0 aliphatic rings. The van der Waals surface area contributed by atoms with Crippen molar-refractivity contribution >= 4 is 35.7 Å². The van der Waals surface area contributed by atoms with E-state index >= 15 is 0 Å². The van der Waals surface area contributed by atoms with Crippen molar-refractivity contribution in [2.45, 2.75) is 19.3 Å². The predicted octanol–water partition coefficient (Wildman–Crippen LogP) is 2.84. The van der Waals surface area contributed by atoms with Gasteiger partial charge in [-0.15, -0.1) is 12.4 Å². The van der Waals surface area contributed by atoms with Crippen molar-refractivity contribution in [1.29, 1.82) is 0 Å². The van der Waals surface area contributed by atoms with Crippen LogP contribution in [0.15, 0.2) is 18.2 Å². The fourth-order valence-electron chi connectivity index (χ4n) is 1.32. The van der Waals surface area contributed by atoms with E-state index in [9.17, 15) is 4.79 Å². The minimum absolute atomic E-state index is 0. The van der Waals surface area contributed by atoms with Gasteiger partial charge in [-0.25, -0.2) is 0 Å². The van der Waals surface area contributed by atoms with E-state index in [2.05, 4.69) is 4.74 Å². The van der Waals surface area contributed by atoms with Crippen LogP contribution in [0.5, 0.6) is 0 Å². The molecular formula is C11H15Cl2NO2. The van der Waals surface area contributed by atoms with Crippen molar-refractivity contribution < 1.29 is 9.53 Å². The molecule has 0 aromatic heterocycles. The summed E-state index contributed by atoms with van der Waals surface area (Å²) in [6.07, 6.45) is 1.91. The third-order valence-corrected chi connectivity index (χ3v) is 2.40. The number of aryl methyl sites for hydroxylation is 1. The Morgan fingerprint density at radius 1 is 1.50 bits per heavy atom. The third-order valence-electron chi connectivity index (χ3n) is 2.16. The zero-order valence-electron chi connectivity index (χ0n) is 9.03. The molecule has 0 saturated carbocycles. The molecule has 5 heteroatoms. The van der Waals surface area contributed by atoms with Gasteiger partial charge in [0.2, 0.25) is 0 Å². The number of benzene rings is 1. The summed E-state index contributed by atoms with van der Waals surface area (Å²) in [6, 6.07) is 5.40. The number of methoxy groups -OCH3 is 1. The Kier molecular flexibility index (Phi) is 6.93. The molecule has 0 atom stereocenters. The molecule has 2 N–H and O–H groups in total.